The van der Waals surface area contributed by atoms with Crippen molar-refractivity contribution in [2.24, 2.45) is 5.73 Å². The third-order valence-corrected chi connectivity index (χ3v) is 2.86. The summed E-state index contributed by atoms with van der Waals surface area (Å²) in [5.41, 5.74) is 7.47. The van der Waals surface area contributed by atoms with Gasteiger partial charge in [-0.25, -0.2) is 0 Å². The summed E-state index contributed by atoms with van der Waals surface area (Å²) in [5, 5.41) is 0.728. The number of halogens is 1. The molecule has 4 heteroatoms. The van der Waals surface area contributed by atoms with E-state index in [0.29, 0.717) is 6.54 Å². The van der Waals surface area contributed by atoms with E-state index in [1.54, 1.807) is 18.5 Å². The summed E-state index contributed by atoms with van der Waals surface area (Å²) in [5.74, 6) is 1.47. The Morgan fingerprint density at radius 1 is 1.35 bits per heavy atom. The molecule has 88 valence electrons. The Bertz CT molecular complexity index is 529. The lowest BCUT2D eigenvalue weighted by Crippen LogP contribution is -2.00. The van der Waals surface area contributed by atoms with Crippen LogP contribution in [0.4, 0.5) is 0 Å². The number of pyridine rings is 1. The van der Waals surface area contributed by atoms with Crippen LogP contribution in [0.3, 0.4) is 0 Å². The molecule has 0 saturated carbocycles. The minimum Gasteiger partial charge on any atom is -0.457 e. The van der Waals surface area contributed by atoms with Gasteiger partial charge >= 0.3 is 0 Å². The van der Waals surface area contributed by atoms with Gasteiger partial charge in [-0.1, -0.05) is 11.6 Å². The van der Waals surface area contributed by atoms with E-state index >= 15 is 0 Å². The van der Waals surface area contributed by atoms with Crippen molar-refractivity contribution in [3.8, 4) is 11.5 Å². The lowest BCUT2D eigenvalue weighted by Gasteiger charge is -2.10. The number of nitrogens with zero attached hydrogens (tertiary/aromatic N) is 1. The highest BCUT2D eigenvalue weighted by Gasteiger charge is 2.04. The standard InChI is InChI=1S/C13H13ClN2O/c1-9-6-11(2-3-12(9)14)17-13-4-5-16-8-10(13)7-15/h2-6,8H,7,15H2,1H3. The Hall–Kier alpha value is -1.58. The largest absolute Gasteiger partial charge is 0.457 e. The highest BCUT2D eigenvalue weighted by molar-refractivity contribution is 6.31. The molecule has 0 aliphatic rings. The number of hydrogen-bond donors (Lipinski definition) is 1. The Labute approximate surface area is 105 Å². The van der Waals surface area contributed by atoms with Crippen LogP contribution in [-0.2, 0) is 6.54 Å². The number of nitrogens with two attached hydrogens (primary N) is 1. The molecule has 0 radical (unpaired) electrons. The van der Waals surface area contributed by atoms with Crippen LogP contribution in [0.5, 0.6) is 11.5 Å². The fraction of sp³-hybridized carbons (Fsp3) is 0.154. The molecule has 1 heterocycles. The highest BCUT2D eigenvalue weighted by atomic mass is 35.5. The summed E-state index contributed by atoms with van der Waals surface area (Å²) in [6, 6.07) is 7.33. The summed E-state index contributed by atoms with van der Waals surface area (Å²) in [7, 11) is 0. The van der Waals surface area contributed by atoms with Gasteiger partial charge in [0.1, 0.15) is 11.5 Å². The number of aromatic nitrogens is 1. The van der Waals surface area contributed by atoms with E-state index in [1.807, 2.05) is 25.1 Å². The van der Waals surface area contributed by atoms with Gasteiger partial charge in [-0.15, -0.1) is 0 Å². The van der Waals surface area contributed by atoms with Crippen LogP contribution >= 0.6 is 11.6 Å². The van der Waals surface area contributed by atoms with E-state index in [1.165, 1.54) is 0 Å². The molecule has 0 atom stereocenters. The highest BCUT2D eigenvalue weighted by Crippen LogP contribution is 2.27. The molecule has 2 N–H and O–H groups in total. The first kappa shape index (κ1) is 11.9. The predicted octanol–water partition coefficient (Wildman–Crippen LogP) is 3.29. The second-order valence-corrected chi connectivity index (χ2v) is 4.11. The number of rotatable bonds is 3. The van der Waals surface area contributed by atoms with Crippen LogP contribution < -0.4 is 10.5 Å². The van der Waals surface area contributed by atoms with Crippen LogP contribution in [0.2, 0.25) is 5.02 Å². The summed E-state index contributed by atoms with van der Waals surface area (Å²) >= 11 is 5.96. The molecule has 0 aliphatic carbocycles. The third-order valence-electron chi connectivity index (χ3n) is 2.44. The van der Waals surface area contributed by atoms with Crippen LogP contribution in [0.25, 0.3) is 0 Å². The molecular weight excluding hydrogens is 236 g/mol. The molecule has 0 bridgehead atoms. The average molecular weight is 249 g/mol. The summed E-state index contributed by atoms with van der Waals surface area (Å²) in [4.78, 5) is 4.01. The van der Waals surface area contributed by atoms with E-state index in [0.717, 1.165) is 27.6 Å². The van der Waals surface area contributed by atoms with Crippen LogP contribution in [-0.4, -0.2) is 4.98 Å². The maximum Gasteiger partial charge on any atom is 0.134 e. The fourth-order valence-corrected chi connectivity index (χ4v) is 1.59. The van der Waals surface area contributed by atoms with E-state index in [9.17, 15) is 0 Å². The molecule has 0 amide bonds. The molecule has 0 saturated heterocycles. The van der Waals surface area contributed by atoms with Gasteiger partial charge in [-0.05, 0) is 36.8 Å². The van der Waals surface area contributed by atoms with Gasteiger partial charge in [0.2, 0.25) is 0 Å². The Morgan fingerprint density at radius 2 is 2.18 bits per heavy atom. The first-order valence-corrected chi connectivity index (χ1v) is 5.65. The van der Waals surface area contributed by atoms with E-state index in [2.05, 4.69) is 4.98 Å². The number of benzene rings is 1. The normalized spacial score (nSPS) is 10.3. The second kappa shape index (κ2) is 5.17. The lowest BCUT2D eigenvalue weighted by atomic mass is 10.2. The predicted molar refractivity (Wildman–Crippen MR) is 68.4 cm³/mol. The average Bonchev–Trinajstić information content (AvgIpc) is 2.34. The fourth-order valence-electron chi connectivity index (χ4n) is 1.47. The van der Waals surface area contributed by atoms with Gasteiger partial charge in [0, 0.05) is 29.5 Å². The second-order valence-electron chi connectivity index (χ2n) is 3.70. The molecule has 0 aliphatic heterocycles. The van der Waals surface area contributed by atoms with Gasteiger partial charge in [0.25, 0.3) is 0 Å². The topological polar surface area (TPSA) is 48.1 Å². The van der Waals surface area contributed by atoms with Crippen molar-refractivity contribution in [3.05, 3.63) is 52.8 Å². The molecule has 0 spiro atoms. The zero-order valence-corrected chi connectivity index (χ0v) is 10.2. The Kier molecular flexibility index (Phi) is 3.61. The minimum absolute atomic E-state index is 0.399. The molecular formula is C13H13ClN2O. The van der Waals surface area contributed by atoms with Gasteiger partial charge in [0.05, 0.1) is 0 Å². The van der Waals surface area contributed by atoms with Gasteiger partial charge in [0.15, 0.2) is 0 Å². The van der Waals surface area contributed by atoms with Gasteiger partial charge in [-0.3, -0.25) is 4.98 Å². The number of ether oxygens (including phenoxy) is 1. The smallest absolute Gasteiger partial charge is 0.134 e. The molecule has 1 aromatic heterocycles. The van der Waals surface area contributed by atoms with E-state index < -0.39 is 0 Å². The van der Waals surface area contributed by atoms with Crippen molar-refractivity contribution in [1.29, 1.82) is 0 Å². The Balaban J connectivity index is 2.28. The maximum atomic E-state index is 5.96. The van der Waals surface area contributed by atoms with Crippen molar-refractivity contribution in [1.82, 2.24) is 4.98 Å². The monoisotopic (exact) mass is 248 g/mol. The SMILES string of the molecule is Cc1cc(Oc2ccncc2CN)ccc1Cl. The van der Waals surface area contributed by atoms with Crippen LogP contribution in [0, 0.1) is 6.92 Å². The van der Waals surface area contributed by atoms with Crippen molar-refractivity contribution >= 4 is 11.6 Å². The summed E-state index contributed by atoms with van der Waals surface area (Å²) in [6.45, 7) is 2.33. The third kappa shape index (κ3) is 2.75. The van der Waals surface area contributed by atoms with E-state index in [4.69, 9.17) is 22.1 Å². The molecule has 3 nitrogen and oxygen atoms in total. The first-order valence-electron chi connectivity index (χ1n) is 5.27. The van der Waals surface area contributed by atoms with Crippen LogP contribution in [0.1, 0.15) is 11.1 Å². The summed E-state index contributed by atoms with van der Waals surface area (Å²) in [6.07, 6.45) is 3.38. The maximum absolute atomic E-state index is 5.96. The van der Waals surface area contributed by atoms with Crippen molar-refractivity contribution < 1.29 is 4.74 Å². The summed E-state index contributed by atoms with van der Waals surface area (Å²) < 4.78 is 5.76. The molecule has 0 unspecified atom stereocenters. The molecule has 0 fully saturated rings. The van der Waals surface area contributed by atoms with Gasteiger partial charge in [-0.2, -0.15) is 0 Å². The molecule has 2 rings (SSSR count). The lowest BCUT2D eigenvalue weighted by molar-refractivity contribution is 0.475. The first-order chi connectivity index (χ1) is 8.20. The molecule has 1 aromatic carbocycles. The minimum atomic E-state index is 0.399. The van der Waals surface area contributed by atoms with Crippen molar-refractivity contribution in [2.75, 3.05) is 0 Å². The van der Waals surface area contributed by atoms with Gasteiger partial charge < -0.3 is 10.5 Å². The molecule has 17 heavy (non-hydrogen) atoms. The van der Waals surface area contributed by atoms with Crippen molar-refractivity contribution in [3.63, 3.8) is 0 Å². The molecule has 2 aromatic rings. The van der Waals surface area contributed by atoms with Crippen molar-refractivity contribution in [2.45, 2.75) is 13.5 Å². The van der Waals surface area contributed by atoms with Crippen LogP contribution in [0.15, 0.2) is 36.7 Å². The Morgan fingerprint density at radius 3 is 2.88 bits per heavy atom. The quantitative estimate of drug-likeness (QED) is 0.907. The number of aryl methyl sites for hydroxylation is 1. The number of hydrogen-bond acceptors (Lipinski definition) is 3. The zero-order chi connectivity index (χ0) is 12.3. The van der Waals surface area contributed by atoms with E-state index in [-0.39, 0.29) is 0 Å². The zero-order valence-electron chi connectivity index (χ0n) is 9.48.